The minimum absolute atomic E-state index is 0.0423. The van der Waals surface area contributed by atoms with Crippen molar-refractivity contribution in [2.45, 2.75) is 25.7 Å². The van der Waals surface area contributed by atoms with E-state index in [2.05, 4.69) is 11.1 Å². The molecule has 1 aromatic heterocycles. The first-order valence-electron chi connectivity index (χ1n) is 11.7. The highest BCUT2D eigenvalue weighted by molar-refractivity contribution is 5.97. The molecule has 0 spiro atoms. The summed E-state index contributed by atoms with van der Waals surface area (Å²) in [6.07, 6.45) is 1.85. The van der Waals surface area contributed by atoms with Crippen molar-refractivity contribution in [2.75, 3.05) is 20.2 Å². The molecular weight excluding hydrogens is 424 g/mol. The van der Waals surface area contributed by atoms with Gasteiger partial charge in [-0.05, 0) is 72.2 Å². The smallest absolute Gasteiger partial charge is 0.256 e. The summed E-state index contributed by atoms with van der Waals surface area (Å²) in [5, 5.41) is 1.63. The van der Waals surface area contributed by atoms with Gasteiger partial charge in [-0.1, -0.05) is 42.5 Å². The molecule has 0 aliphatic carbocycles. The van der Waals surface area contributed by atoms with Crippen molar-refractivity contribution in [1.82, 2.24) is 9.88 Å². The number of hydrogen-bond acceptors (Lipinski definition) is 3. The fraction of sp³-hybridized carbons (Fsp3) is 0.241. The van der Waals surface area contributed by atoms with Crippen molar-refractivity contribution in [3.63, 3.8) is 0 Å². The van der Waals surface area contributed by atoms with Gasteiger partial charge in [0.25, 0.3) is 11.5 Å². The molecule has 1 unspecified atom stereocenters. The van der Waals surface area contributed by atoms with Gasteiger partial charge in [-0.3, -0.25) is 9.59 Å². The third-order valence-electron chi connectivity index (χ3n) is 6.89. The molecule has 1 aliphatic rings. The van der Waals surface area contributed by atoms with Gasteiger partial charge in [0.2, 0.25) is 0 Å². The summed E-state index contributed by atoms with van der Waals surface area (Å²) >= 11 is 0. The standard InChI is InChI=1S/C29H28N2O3/c1-19-24(20-12-14-23(34-2)15-13-20)10-5-11-25(19)29(33)31-16-6-8-22(18-31)27-17-21-7-3-4-9-26(21)28(32)30-27/h3-5,7,9-15,17,22H,6,8,16,18H2,1-2H3,(H,30,32). The maximum Gasteiger partial charge on any atom is 0.256 e. The van der Waals surface area contributed by atoms with Gasteiger partial charge < -0.3 is 14.6 Å². The Kier molecular flexibility index (Phi) is 5.93. The maximum absolute atomic E-state index is 13.6. The van der Waals surface area contributed by atoms with Crippen LogP contribution in [-0.2, 0) is 0 Å². The maximum atomic E-state index is 13.6. The van der Waals surface area contributed by atoms with Crippen molar-refractivity contribution < 1.29 is 9.53 Å². The zero-order chi connectivity index (χ0) is 23.7. The quantitative estimate of drug-likeness (QED) is 0.443. The number of ether oxygens (including phenoxy) is 1. The van der Waals surface area contributed by atoms with Gasteiger partial charge in [-0.15, -0.1) is 0 Å². The Morgan fingerprint density at radius 3 is 2.62 bits per heavy atom. The second-order valence-electron chi connectivity index (χ2n) is 8.94. The van der Waals surface area contributed by atoms with Crippen molar-refractivity contribution in [1.29, 1.82) is 0 Å². The second kappa shape index (κ2) is 9.18. The van der Waals surface area contributed by atoms with Gasteiger partial charge >= 0.3 is 0 Å². The lowest BCUT2D eigenvalue weighted by atomic mass is 9.91. The summed E-state index contributed by atoms with van der Waals surface area (Å²) in [4.78, 5) is 31.2. The first-order valence-corrected chi connectivity index (χ1v) is 11.7. The molecule has 1 amide bonds. The van der Waals surface area contributed by atoms with Crippen molar-refractivity contribution >= 4 is 16.7 Å². The molecule has 5 nitrogen and oxygen atoms in total. The number of H-pyrrole nitrogens is 1. The van der Waals surface area contributed by atoms with Crippen LogP contribution in [0.1, 0.15) is 40.4 Å². The lowest BCUT2D eigenvalue weighted by Gasteiger charge is -2.33. The summed E-state index contributed by atoms with van der Waals surface area (Å²) in [5.41, 5.74) is 4.63. The number of benzene rings is 3. The molecule has 5 heteroatoms. The Labute approximate surface area is 199 Å². The lowest BCUT2D eigenvalue weighted by molar-refractivity contribution is 0.0705. The van der Waals surface area contributed by atoms with Crippen LogP contribution in [0.4, 0.5) is 0 Å². The topological polar surface area (TPSA) is 62.4 Å². The summed E-state index contributed by atoms with van der Waals surface area (Å²) in [7, 11) is 1.65. The molecule has 0 bridgehead atoms. The molecule has 1 saturated heterocycles. The average Bonchev–Trinajstić information content (AvgIpc) is 2.88. The van der Waals surface area contributed by atoms with Crippen LogP contribution in [0.2, 0.25) is 0 Å². The number of nitrogens with zero attached hydrogens (tertiary/aromatic N) is 1. The van der Waals surface area contributed by atoms with E-state index in [9.17, 15) is 9.59 Å². The third kappa shape index (κ3) is 4.10. The normalized spacial score (nSPS) is 15.9. The number of aromatic amines is 1. The number of piperidine rings is 1. The van der Waals surface area contributed by atoms with E-state index in [1.54, 1.807) is 7.11 Å². The summed E-state index contributed by atoms with van der Waals surface area (Å²) in [5.74, 6) is 0.959. The molecule has 34 heavy (non-hydrogen) atoms. The molecule has 172 valence electrons. The minimum Gasteiger partial charge on any atom is -0.497 e. The van der Waals surface area contributed by atoms with Crippen molar-refractivity contribution in [2.24, 2.45) is 0 Å². The third-order valence-corrected chi connectivity index (χ3v) is 6.89. The van der Waals surface area contributed by atoms with Crippen LogP contribution in [0.3, 0.4) is 0 Å². The van der Waals surface area contributed by atoms with Crippen LogP contribution in [-0.4, -0.2) is 36.0 Å². The van der Waals surface area contributed by atoms with E-state index in [4.69, 9.17) is 4.74 Å². The van der Waals surface area contributed by atoms with E-state index in [-0.39, 0.29) is 17.4 Å². The number of nitrogens with one attached hydrogen (secondary N) is 1. The van der Waals surface area contributed by atoms with Gasteiger partial charge in [0.05, 0.1) is 7.11 Å². The predicted molar refractivity (Wildman–Crippen MR) is 136 cm³/mol. The SMILES string of the molecule is COc1ccc(-c2cccc(C(=O)N3CCCC(c4cc5ccccc5c(=O)[nH]4)C3)c2C)cc1. The van der Waals surface area contributed by atoms with E-state index < -0.39 is 0 Å². The highest BCUT2D eigenvalue weighted by atomic mass is 16.5. The average molecular weight is 453 g/mol. The number of rotatable bonds is 4. The molecule has 2 heterocycles. The Bertz CT molecular complexity index is 1410. The summed E-state index contributed by atoms with van der Waals surface area (Å²) in [6.45, 7) is 3.33. The van der Waals surface area contributed by atoms with E-state index >= 15 is 0 Å². The molecule has 0 saturated carbocycles. The lowest BCUT2D eigenvalue weighted by Crippen LogP contribution is -2.39. The Hall–Kier alpha value is -3.86. The molecule has 3 aromatic carbocycles. The predicted octanol–water partition coefficient (Wildman–Crippen LogP) is 5.53. The molecule has 5 rings (SSSR count). The van der Waals surface area contributed by atoms with Gasteiger partial charge in [0, 0.05) is 35.7 Å². The molecular formula is C29H28N2O3. The fourth-order valence-electron chi connectivity index (χ4n) is 4.99. The number of pyridine rings is 1. The number of aromatic nitrogens is 1. The highest BCUT2D eigenvalue weighted by Gasteiger charge is 2.27. The Morgan fingerprint density at radius 1 is 1.03 bits per heavy atom. The van der Waals surface area contributed by atoms with Crippen LogP contribution in [0.5, 0.6) is 5.75 Å². The van der Waals surface area contributed by atoms with Crippen LogP contribution >= 0.6 is 0 Å². The number of likely N-dealkylation sites (tertiary alicyclic amines) is 1. The molecule has 4 aromatic rings. The van der Waals surface area contributed by atoms with Gasteiger partial charge in [0.1, 0.15) is 5.75 Å². The Balaban J connectivity index is 1.41. The van der Waals surface area contributed by atoms with Crippen LogP contribution < -0.4 is 10.3 Å². The molecule has 1 N–H and O–H groups in total. The van der Waals surface area contributed by atoms with E-state index in [1.807, 2.05) is 78.6 Å². The first-order chi connectivity index (χ1) is 16.5. The second-order valence-corrected chi connectivity index (χ2v) is 8.94. The molecule has 1 atom stereocenters. The van der Waals surface area contributed by atoms with Gasteiger partial charge in [-0.25, -0.2) is 0 Å². The van der Waals surface area contributed by atoms with E-state index in [0.29, 0.717) is 11.9 Å². The number of carbonyl (C=O) groups is 1. The summed E-state index contributed by atoms with van der Waals surface area (Å²) < 4.78 is 5.27. The van der Waals surface area contributed by atoms with Crippen LogP contribution in [0, 0.1) is 6.92 Å². The minimum atomic E-state index is -0.0698. The largest absolute Gasteiger partial charge is 0.497 e. The summed E-state index contributed by atoms with van der Waals surface area (Å²) in [6, 6.07) is 23.5. The molecule has 1 fully saturated rings. The molecule has 0 radical (unpaired) electrons. The zero-order valence-corrected chi connectivity index (χ0v) is 19.5. The van der Waals surface area contributed by atoms with E-state index in [0.717, 1.165) is 58.5 Å². The number of fused-ring (bicyclic) bond motifs is 1. The number of methoxy groups -OCH3 is 1. The molecule has 1 aliphatic heterocycles. The highest BCUT2D eigenvalue weighted by Crippen LogP contribution is 2.31. The number of carbonyl (C=O) groups excluding carboxylic acids is 1. The van der Waals surface area contributed by atoms with Crippen LogP contribution in [0.25, 0.3) is 21.9 Å². The van der Waals surface area contributed by atoms with Gasteiger partial charge in [-0.2, -0.15) is 0 Å². The first kappa shape index (κ1) is 22.0. The monoisotopic (exact) mass is 452 g/mol. The van der Waals surface area contributed by atoms with Gasteiger partial charge in [0.15, 0.2) is 0 Å². The fourth-order valence-corrected chi connectivity index (χ4v) is 4.99. The van der Waals surface area contributed by atoms with E-state index in [1.165, 1.54) is 0 Å². The zero-order valence-electron chi connectivity index (χ0n) is 19.5. The Morgan fingerprint density at radius 2 is 1.82 bits per heavy atom. The number of hydrogen-bond donors (Lipinski definition) is 1. The van der Waals surface area contributed by atoms with Crippen LogP contribution in [0.15, 0.2) is 77.6 Å². The van der Waals surface area contributed by atoms with Crippen molar-refractivity contribution in [3.8, 4) is 16.9 Å². The number of amides is 1. The van der Waals surface area contributed by atoms with Crippen molar-refractivity contribution in [3.05, 3.63) is 100.0 Å².